The minimum absolute atomic E-state index is 0.112. The van der Waals surface area contributed by atoms with Crippen molar-refractivity contribution in [3.8, 4) is 22.8 Å². The highest BCUT2D eigenvalue weighted by Crippen LogP contribution is 2.29. The van der Waals surface area contributed by atoms with Gasteiger partial charge in [-0.2, -0.15) is 0 Å². The van der Waals surface area contributed by atoms with Gasteiger partial charge in [-0.05, 0) is 43.3 Å². The first-order valence-corrected chi connectivity index (χ1v) is 9.36. The average molecular weight is 397 g/mol. The molecule has 0 spiro atoms. The second kappa shape index (κ2) is 9.28. The standard InChI is InChI=1S/C23H24FNO4/c1-15(18-11-8-17(27-2)14-22(18)28-3)25-23(26)13-10-16-9-12-21(29-16)19-6-4-5-7-20(19)24/h4-9,11-12,14-15H,10,13H2,1-3H3,(H,25,26). The molecule has 0 aliphatic rings. The fourth-order valence-corrected chi connectivity index (χ4v) is 3.12. The number of furan rings is 1. The third kappa shape index (κ3) is 4.96. The molecule has 3 aromatic rings. The van der Waals surface area contributed by atoms with Crippen molar-refractivity contribution in [2.24, 2.45) is 0 Å². The first-order valence-electron chi connectivity index (χ1n) is 9.36. The Balaban J connectivity index is 1.59. The minimum Gasteiger partial charge on any atom is -0.497 e. The van der Waals surface area contributed by atoms with Gasteiger partial charge < -0.3 is 19.2 Å². The fourth-order valence-electron chi connectivity index (χ4n) is 3.12. The Bertz CT molecular complexity index is 983. The van der Waals surface area contributed by atoms with Gasteiger partial charge in [-0.3, -0.25) is 4.79 Å². The van der Waals surface area contributed by atoms with Crippen molar-refractivity contribution >= 4 is 5.91 Å². The summed E-state index contributed by atoms with van der Waals surface area (Å²) in [6, 6.07) is 15.2. The molecule has 5 nitrogen and oxygen atoms in total. The van der Waals surface area contributed by atoms with Crippen molar-refractivity contribution in [2.75, 3.05) is 14.2 Å². The van der Waals surface area contributed by atoms with Gasteiger partial charge in [0.15, 0.2) is 0 Å². The summed E-state index contributed by atoms with van der Waals surface area (Å²) in [5.41, 5.74) is 1.27. The normalized spacial score (nSPS) is 11.7. The number of carbonyl (C=O) groups excluding carboxylic acids is 1. The Hall–Kier alpha value is -3.28. The zero-order valence-electron chi connectivity index (χ0n) is 16.7. The van der Waals surface area contributed by atoms with Crippen molar-refractivity contribution in [1.82, 2.24) is 5.32 Å². The van der Waals surface area contributed by atoms with E-state index in [0.29, 0.717) is 35.0 Å². The lowest BCUT2D eigenvalue weighted by atomic mass is 10.1. The number of ether oxygens (including phenoxy) is 2. The van der Waals surface area contributed by atoms with Gasteiger partial charge in [-0.15, -0.1) is 0 Å². The van der Waals surface area contributed by atoms with E-state index in [1.54, 1.807) is 50.6 Å². The van der Waals surface area contributed by atoms with E-state index in [9.17, 15) is 9.18 Å². The van der Waals surface area contributed by atoms with E-state index >= 15 is 0 Å². The van der Waals surface area contributed by atoms with E-state index in [1.807, 2.05) is 19.1 Å². The summed E-state index contributed by atoms with van der Waals surface area (Å²) in [6.07, 6.45) is 0.680. The summed E-state index contributed by atoms with van der Waals surface area (Å²) in [5, 5.41) is 2.96. The number of nitrogens with one attached hydrogen (secondary N) is 1. The van der Waals surface area contributed by atoms with E-state index in [2.05, 4.69) is 5.32 Å². The molecule has 1 aromatic heterocycles. The van der Waals surface area contributed by atoms with Crippen molar-refractivity contribution < 1.29 is 23.1 Å². The van der Waals surface area contributed by atoms with Gasteiger partial charge >= 0.3 is 0 Å². The molecule has 0 aliphatic heterocycles. The maximum atomic E-state index is 13.9. The molecule has 3 rings (SSSR count). The number of benzene rings is 2. The highest BCUT2D eigenvalue weighted by Gasteiger charge is 2.16. The van der Waals surface area contributed by atoms with E-state index in [0.717, 1.165) is 5.56 Å². The van der Waals surface area contributed by atoms with Gasteiger partial charge in [0.1, 0.15) is 28.8 Å². The summed E-state index contributed by atoms with van der Waals surface area (Å²) < 4.78 is 30.2. The molecule has 2 aromatic carbocycles. The lowest BCUT2D eigenvalue weighted by molar-refractivity contribution is -0.121. The van der Waals surface area contributed by atoms with Crippen molar-refractivity contribution in [2.45, 2.75) is 25.8 Å². The molecule has 0 fully saturated rings. The summed E-state index contributed by atoms with van der Waals surface area (Å²) in [7, 11) is 3.17. The molecule has 0 saturated heterocycles. The molecule has 1 unspecified atom stereocenters. The van der Waals surface area contributed by atoms with Crippen molar-refractivity contribution in [3.05, 3.63) is 71.7 Å². The predicted octanol–water partition coefficient (Wildman–Crippen LogP) is 4.91. The maximum absolute atomic E-state index is 13.9. The van der Waals surface area contributed by atoms with Crippen LogP contribution in [-0.4, -0.2) is 20.1 Å². The van der Waals surface area contributed by atoms with E-state index in [1.165, 1.54) is 6.07 Å². The molecule has 1 heterocycles. The van der Waals surface area contributed by atoms with Gasteiger partial charge in [0.25, 0.3) is 0 Å². The number of amides is 1. The highest BCUT2D eigenvalue weighted by molar-refractivity contribution is 5.76. The Morgan fingerprint density at radius 2 is 1.90 bits per heavy atom. The van der Waals surface area contributed by atoms with Crippen LogP contribution in [0.5, 0.6) is 11.5 Å². The van der Waals surface area contributed by atoms with Gasteiger partial charge in [-0.25, -0.2) is 4.39 Å². The second-order valence-electron chi connectivity index (χ2n) is 6.64. The van der Waals surface area contributed by atoms with Crippen LogP contribution >= 0.6 is 0 Å². The summed E-state index contributed by atoms with van der Waals surface area (Å²) in [6.45, 7) is 1.89. The monoisotopic (exact) mass is 397 g/mol. The number of carbonyl (C=O) groups is 1. The number of aryl methyl sites for hydroxylation is 1. The Labute approximate surface area is 169 Å². The molecule has 1 N–H and O–H groups in total. The molecule has 0 saturated carbocycles. The van der Waals surface area contributed by atoms with Gasteiger partial charge in [0.2, 0.25) is 5.91 Å². The number of halogens is 1. The zero-order valence-corrected chi connectivity index (χ0v) is 16.7. The van der Waals surface area contributed by atoms with E-state index < -0.39 is 0 Å². The average Bonchev–Trinajstić information content (AvgIpc) is 3.20. The topological polar surface area (TPSA) is 60.7 Å². The molecule has 0 aliphatic carbocycles. The molecule has 0 bridgehead atoms. The molecular weight excluding hydrogens is 373 g/mol. The molecule has 1 atom stereocenters. The number of hydrogen-bond donors (Lipinski definition) is 1. The first-order chi connectivity index (χ1) is 14.0. The molecular formula is C23H24FNO4. The Morgan fingerprint density at radius 1 is 1.10 bits per heavy atom. The zero-order chi connectivity index (χ0) is 20.8. The Morgan fingerprint density at radius 3 is 2.62 bits per heavy atom. The van der Waals surface area contributed by atoms with Crippen LogP contribution in [0.3, 0.4) is 0 Å². The summed E-state index contributed by atoms with van der Waals surface area (Å²) in [5.74, 6) is 1.97. The summed E-state index contributed by atoms with van der Waals surface area (Å²) in [4.78, 5) is 12.4. The second-order valence-corrected chi connectivity index (χ2v) is 6.64. The van der Waals surface area contributed by atoms with Crippen LogP contribution < -0.4 is 14.8 Å². The first kappa shape index (κ1) is 20.5. The van der Waals surface area contributed by atoms with Crippen LogP contribution in [0.25, 0.3) is 11.3 Å². The van der Waals surface area contributed by atoms with Crippen LogP contribution in [0.4, 0.5) is 4.39 Å². The van der Waals surface area contributed by atoms with Gasteiger partial charge in [0.05, 0.1) is 25.8 Å². The molecule has 152 valence electrons. The molecule has 0 radical (unpaired) electrons. The van der Waals surface area contributed by atoms with Crippen LogP contribution in [-0.2, 0) is 11.2 Å². The third-order valence-electron chi connectivity index (χ3n) is 4.68. The quantitative estimate of drug-likeness (QED) is 0.587. The lowest BCUT2D eigenvalue weighted by Gasteiger charge is -2.18. The van der Waals surface area contributed by atoms with Crippen LogP contribution in [0.2, 0.25) is 0 Å². The summed E-state index contributed by atoms with van der Waals surface area (Å²) >= 11 is 0. The molecule has 6 heteroatoms. The molecule has 1 amide bonds. The highest BCUT2D eigenvalue weighted by atomic mass is 19.1. The third-order valence-corrected chi connectivity index (χ3v) is 4.68. The number of rotatable bonds is 8. The number of methoxy groups -OCH3 is 2. The minimum atomic E-state index is -0.339. The predicted molar refractivity (Wildman–Crippen MR) is 109 cm³/mol. The Kier molecular flexibility index (Phi) is 6.54. The van der Waals surface area contributed by atoms with Crippen molar-refractivity contribution in [1.29, 1.82) is 0 Å². The number of hydrogen-bond acceptors (Lipinski definition) is 4. The van der Waals surface area contributed by atoms with Crippen LogP contribution in [0.15, 0.2) is 59.0 Å². The van der Waals surface area contributed by atoms with Gasteiger partial charge in [0, 0.05) is 24.5 Å². The largest absolute Gasteiger partial charge is 0.497 e. The SMILES string of the molecule is COc1ccc(C(C)NC(=O)CCc2ccc(-c3ccccc3F)o2)c(OC)c1. The van der Waals surface area contributed by atoms with E-state index in [4.69, 9.17) is 13.9 Å². The maximum Gasteiger partial charge on any atom is 0.220 e. The van der Waals surface area contributed by atoms with Crippen LogP contribution in [0, 0.1) is 5.82 Å². The van der Waals surface area contributed by atoms with Gasteiger partial charge in [-0.1, -0.05) is 12.1 Å². The molecule has 29 heavy (non-hydrogen) atoms. The van der Waals surface area contributed by atoms with Crippen molar-refractivity contribution in [3.63, 3.8) is 0 Å². The fraction of sp³-hybridized carbons (Fsp3) is 0.261. The lowest BCUT2D eigenvalue weighted by Crippen LogP contribution is -2.27. The van der Waals surface area contributed by atoms with E-state index in [-0.39, 0.29) is 24.2 Å². The van der Waals surface area contributed by atoms with Crippen LogP contribution in [0.1, 0.15) is 30.7 Å². The smallest absolute Gasteiger partial charge is 0.220 e.